The van der Waals surface area contributed by atoms with Crippen LogP contribution in [-0.4, -0.2) is 29.5 Å². The molecule has 1 aliphatic rings. The Labute approximate surface area is 108 Å². The lowest BCUT2D eigenvalue weighted by Gasteiger charge is -2.11. The second-order valence-electron chi connectivity index (χ2n) is 4.79. The largest absolute Gasteiger partial charge is 0.423 e. The van der Waals surface area contributed by atoms with Gasteiger partial charge in [-0.3, -0.25) is 0 Å². The highest BCUT2D eigenvalue weighted by molar-refractivity contribution is 4.91. The molecule has 1 aromatic rings. The van der Waals surface area contributed by atoms with E-state index in [4.69, 9.17) is 9.15 Å². The first-order chi connectivity index (χ1) is 8.83. The number of hydrogen-bond donors (Lipinski definition) is 1. The lowest BCUT2D eigenvalue weighted by atomic mass is 10.2. The third-order valence-corrected chi connectivity index (χ3v) is 3.26. The average Bonchev–Trinajstić information content (AvgIpc) is 3.03. The molecule has 0 aliphatic carbocycles. The SMILES string of the molecule is CCCNC(CC)c1nnc(CC2CCCO2)o1. The van der Waals surface area contributed by atoms with Gasteiger partial charge in [0.1, 0.15) is 0 Å². The molecule has 1 fully saturated rings. The van der Waals surface area contributed by atoms with Crippen LogP contribution in [0.25, 0.3) is 0 Å². The van der Waals surface area contributed by atoms with E-state index in [0.29, 0.717) is 11.8 Å². The zero-order chi connectivity index (χ0) is 12.8. The summed E-state index contributed by atoms with van der Waals surface area (Å²) in [6, 6.07) is 0.177. The van der Waals surface area contributed by atoms with Crippen molar-refractivity contribution in [2.24, 2.45) is 0 Å². The van der Waals surface area contributed by atoms with Gasteiger partial charge < -0.3 is 14.5 Å². The van der Waals surface area contributed by atoms with Crippen LogP contribution in [0.2, 0.25) is 0 Å². The van der Waals surface area contributed by atoms with Crippen LogP contribution >= 0.6 is 0 Å². The van der Waals surface area contributed by atoms with Crippen molar-refractivity contribution in [3.8, 4) is 0 Å². The molecule has 0 amide bonds. The highest BCUT2D eigenvalue weighted by Crippen LogP contribution is 2.19. The summed E-state index contributed by atoms with van der Waals surface area (Å²) in [5.74, 6) is 1.41. The first-order valence-corrected chi connectivity index (χ1v) is 7.00. The van der Waals surface area contributed by atoms with Crippen molar-refractivity contribution in [2.45, 2.75) is 58.1 Å². The Hall–Kier alpha value is -0.940. The summed E-state index contributed by atoms with van der Waals surface area (Å²) in [5, 5.41) is 11.7. The van der Waals surface area contributed by atoms with E-state index >= 15 is 0 Å². The molecule has 2 rings (SSSR count). The number of aromatic nitrogens is 2. The number of hydrogen-bond acceptors (Lipinski definition) is 5. The van der Waals surface area contributed by atoms with Gasteiger partial charge >= 0.3 is 0 Å². The lowest BCUT2D eigenvalue weighted by molar-refractivity contribution is 0.105. The Morgan fingerprint density at radius 3 is 2.94 bits per heavy atom. The van der Waals surface area contributed by atoms with E-state index in [1.54, 1.807) is 0 Å². The van der Waals surface area contributed by atoms with Crippen molar-refractivity contribution in [2.75, 3.05) is 13.2 Å². The molecule has 2 atom stereocenters. The van der Waals surface area contributed by atoms with Crippen LogP contribution in [0.5, 0.6) is 0 Å². The molecule has 1 saturated heterocycles. The highest BCUT2D eigenvalue weighted by atomic mass is 16.5. The molecule has 18 heavy (non-hydrogen) atoms. The van der Waals surface area contributed by atoms with Gasteiger partial charge in [0.05, 0.1) is 18.6 Å². The number of ether oxygens (including phenoxy) is 1. The first kappa shape index (κ1) is 13.5. The van der Waals surface area contributed by atoms with Gasteiger partial charge in [-0.15, -0.1) is 10.2 Å². The van der Waals surface area contributed by atoms with Crippen LogP contribution in [0.4, 0.5) is 0 Å². The van der Waals surface area contributed by atoms with Gasteiger partial charge in [-0.25, -0.2) is 0 Å². The molecule has 0 radical (unpaired) electrons. The summed E-state index contributed by atoms with van der Waals surface area (Å²) >= 11 is 0. The zero-order valence-corrected chi connectivity index (χ0v) is 11.3. The van der Waals surface area contributed by atoms with Crippen molar-refractivity contribution in [1.29, 1.82) is 0 Å². The molecule has 0 bridgehead atoms. The molecule has 5 heteroatoms. The number of nitrogens with one attached hydrogen (secondary N) is 1. The van der Waals surface area contributed by atoms with Gasteiger partial charge in [-0.1, -0.05) is 13.8 Å². The summed E-state index contributed by atoms with van der Waals surface area (Å²) in [7, 11) is 0. The van der Waals surface area contributed by atoms with E-state index in [2.05, 4.69) is 29.4 Å². The molecule has 2 unspecified atom stereocenters. The fourth-order valence-corrected chi connectivity index (χ4v) is 2.21. The smallest absolute Gasteiger partial charge is 0.233 e. The molecule has 0 spiro atoms. The molecule has 5 nitrogen and oxygen atoms in total. The Morgan fingerprint density at radius 2 is 2.28 bits per heavy atom. The minimum absolute atomic E-state index is 0.177. The van der Waals surface area contributed by atoms with Gasteiger partial charge in [0.15, 0.2) is 0 Å². The van der Waals surface area contributed by atoms with E-state index in [1.165, 1.54) is 0 Å². The fourth-order valence-electron chi connectivity index (χ4n) is 2.21. The van der Waals surface area contributed by atoms with Gasteiger partial charge in [-0.05, 0) is 32.2 Å². The van der Waals surface area contributed by atoms with E-state index in [9.17, 15) is 0 Å². The fraction of sp³-hybridized carbons (Fsp3) is 0.846. The normalized spacial score (nSPS) is 21.3. The maximum absolute atomic E-state index is 5.73. The monoisotopic (exact) mass is 253 g/mol. The second kappa shape index (κ2) is 6.85. The van der Waals surface area contributed by atoms with E-state index in [-0.39, 0.29) is 12.1 Å². The van der Waals surface area contributed by atoms with Crippen molar-refractivity contribution in [1.82, 2.24) is 15.5 Å². The standard InChI is InChI=1S/C13H23N3O2/c1-3-7-14-11(4-2)13-16-15-12(18-13)9-10-6-5-8-17-10/h10-11,14H,3-9H2,1-2H3. The molecular formula is C13H23N3O2. The lowest BCUT2D eigenvalue weighted by Crippen LogP contribution is -2.21. The molecular weight excluding hydrogens is 230 g/mol. The molecule has 1 N–H and O–H groups in total. The van der Waals surface area contributed by atoms with E-state index < -0.39 is 0 Å². The molecule has 1 aromatic heterocycles. The van der Waals surface area contributed by atoms with Crippen molar-refractivity contribution >= 4 is 0 Å². The van der Waals surface area contributed by atoms with Crippen LogP contribution in [0.3, 0.4) is 0 Å². The van der Waals surface area contributed by atoms with Crippen LogP contribution < -0.4 is 5.32 Å². The summed E-state index contributed by atoms with van der Waals surface area (Å²) < 4.78 is 11.3. The third kappa shape index (κ3) is 3.53. The third-order valence-electron chi connectivity index (χ3n) is 3.26. The predicted molar refractivity (Wildman–Crippen MR) is 68.3 cm³/mol. The van der Waals surface area contributed by atoms with Gasteiger partial charge in [0.2, 0.25) is 11.8 Å². The Kier molecular flexibility index (Phi) is 5.13. The topological polar surface area (TPSA) is 60.2 Å². The Balaban J connectivity index is 1.90. The molecule has 2 heterocycles. The second-order valence-corrected chi connectivity index (χ2v) is 4.79. The van der Waals surface area contributed by atoms with Crippen LogP contribution in [0.15, 0.2) is 4.42 Å². The zero-order valence-electron chi connectivity index (χ0n) is 11.3. The van der Waals surface area contributed by atoms with Crippen molar-refractivity contribution in [3.63, 3.8) is 0 Å². The highest BCUT2D eigenvalue weighted by Gasteiger charge is 2.21. The maximum Gasteiger partial charge on any atom is 0.233 e. The van der Waals surface area contributed by atoms with Crippen molar-refractivity contribution in [3.05, 3.63) is 11.8 Å². The Morgan fingerprint density at radius 1 is 1.39 bits per heavy atom. The quantitative estimate of drug-likeness (QED) is 0.807. The molecule has 0 saturated carbocycles. The van der Waals surface area contributed by atoms with Crippen LogP contribution in [0.1, 0.15) is 57.4 Å². The number of nitrogens with zero attached hydrogens (tertiary/aromatic N) is 2. The van der Waals surface area contributed by atoms with Crippen LogP contribution in [-0.2, 0) is 11.2 Å². The summed E-state index contributed by atoms with van der Waals surface area (Å²) in [5.41, 5.74) is 0. The first-order valence-electron chi connectivity index (χ1n) is 7.00. The van der Waals surface area contributed by atoms with E-state index in [0.717, 1.165) is 45.3 Å². The van der Waals surface area contributed by atoms with Gasteiger partial charge in [0.25, 0.3) is 0 Å². The molecule has 0 aromatic carbocycles. The Bertz CT molecular complexity index is 348. The minimum Gasteiger partial charge on any atom is -0.423 e. The number of rotatable bonds is 7. The average molecular weight is 253 g/mol. The van der Waals surface area contributed by atoms with Gasteiger partial charge in [-0.2, -0.15) is 0 Å². The van der Waals surface area contributed by atoms with Gasteiger partial charge in [0, 0.05) is 6.61 Å². The minimum atomic E-state index is 0.177. The summed E-state index contributed by atoms with van der Waals surface area (Å²) in [6.45, 7) is 6.11. The van der Waals surface area contributed by atoms with E-state index in [1.807, 2.05) is 0 Å². The van der Waals surface area contributed by atoms with Crippen LogP contribution in [0, 0.1) is 0 Å². The molecule has 1 aliphatic heterocycles. The van der Waals surface area contributed by atoms with Crippen molar-refractivity contribution < 1.29 is 9.15 Å². The maximum atomic E-state index is 5.73. The molecule has 102 valence electrons. The summed E-state index contributed by atoms with van der Waals surface area (Å²) in [4.78, 5) is 0. The summed E-state index contributed by atoms with van der Waals surface area (Å²) in [6.07, 6.45) is 5.32. The predicted octanol–water partition coefficient (Wildman–Crippen LogP) is 2.24.